The zero-order chi connectivity index (χ0) is 10.1. The molecule has 14 heavy (non-hydrogen) atoms. The second-order valence-electron chi connectivity index (χ2n) is 2.57. The molecule has 0 aliphatic carbocycles. The van der Waals surface area contributed by atoms with E-state index in [4.69, 9.17) is 11.6 Å². The van der Waals surface area contributed by atoms with Crippen molar-refractivity contribution >= 4 is 28.6 Å². The van der Waals surface area contributed by atoms with Crippen molar-refractivity contribution in [3.63, 3.8) is 0 Å². The Kier molecular flexibility index (Phi) is 2.09. The average molecular weight is 212 g/mol. The van der Waals surface area contributed by atoms with Gasteiger partial charge in [-0.05, 0) is 6.07 Å². The van der Waals surface area contributed by atoms with Crippen molar-refractivity contribution in [2.24, 2.45) is 0 Å². The van der Waals surface area contributed by atoms with Crippen molar-refractivity contribution in [3.8, 4) is 0 Å². The second-order valence-corrected chi connectivity index (χ2v) is 2.93. The van der Waals surface area contributed by atoms with E-state index in [0.717, 1.165) is 0 Å². The van der Waals surface area contributed by atoms with Gasteiger partial charge in [0.2, 0.25) is 5.82 Å². The maximum Gasteiger partial charge on any atom is 0.376 e. The van der Waals surface area contributed by atoms with Crippen molar-refractivity contribution in [1.29, 1.82) is 0 Å². The lowest BCUT2D eigenvalue weighted by molar-refractivity contribution is 0.0587. The summed E-state index contributed by atoms with van der Waals surface area (Å²) in [4.78, 5) is 21.7. The van der Waals surface area contributed by atoms with E-state index in [1.807, 2.05) is 0 Å². The van der Waals surface area contributed by atoms with Crippen molar-refractivity contribution < 1.29 is 9.53 Å². The molecular formula is C8H6ClN3O2. The van der Waals surface area contributed by atoms with E-state index in [1.165, 1.54) is 7.11 Å². The number of carbonyl (C=O) groups excluding carboxylic acids is 1. The van der Waals surface area contributed by atoms with E-state index < -0.39 is 5.97 Å². The molecule has 1 N–H and O–H groups in total. The van der Waals surface area contributed by atoms with Gasteiger partial charge in [0.1, 0.15) is 10.8 Å². The van der Waals surface area contributed by atoms with Gasteiger partial charge < -0.3 is 9.72 Å². The number of halogens is 1. The highest BCUT2D eigenvalue weighted by molar-refractivity contribution is 6.34. The van der Waals surface area contributed by atoms with E-state index >= 15 is 0 Å². The highest BCUT2D eigenvalue weighted by Gasteiger charge is 2.13. The van der Waals surface area contributed by atoms with Crippen molar-refractivity contribution in [2.45, 2.75) is 0 Å². The van der Waals surface area contributed by atoms with Gasteiger partial charge in [-0.1, -0.05) is 11.6 Å². The third kappa shape index (κ3) is 1.31. The van der Waals surface area contributed by atoms with Gasteiger partial charge in [-0.15, -0.1) is 0 Å². The molecule has 0 amide bonds. The predicted octanol–water partition coefficient (Wildman–Crippen LogP) is 1.40. The zero-order valence-electron chi connectivity index (χ0n) is 7.24. The standard InChI is InChI=1S/C8H6ClN3O2/c1-14-8(13)7-11-5(9)4-2-3-10-6(4)12-7/h2-3H,1H3,(H,10,11,12). The fraction of sp³-hybridized carbons (Fsp3) is 0.125. The molecule has 0 atom stereocenters. The monoisotopic (exact) mass is 211 g/mol. The third-order valence-corrected chi connectivity index (χ3v) is 2.03. The number of hydrogen-bond donors (Lipinski definition) is 1. The van der Waals surface area contributed by atoms with Gasteiger partial charge in [0, 0.05) is 6.20 Å². The first-order valence-electron chi connectivity index (χ1n) is 3.81. The summed E-state index contributed by atoms with van der Waals surface area (Å²) >= 11 is 5.83. The molecule has 2 heterocycles. The summed E-state index contributed by atoms with van der Waals surface area (Å²) in [6, 6.07) is 1.73. The number of nitrogens with zero attached hydrogens (tertiary/aromatic N) is 2. The molecule has 0 aliphatic heterocycles. The van der Waals surface area contributed by atoms with Crippen LogP contribution in [0, 0.1) is 0 Å². The van der Waals surface area contributed by atoms with Crippen LogP contribution >= 0.6 is 11.6 Å². The molecular weight excluding hydrogens is 206 g/mol. The van der Waals surface area contributed by atoms with Crippen LogP contribution in [0.5, 0.6) is 0 Å². The third-order valence-electron chi connectivity index (χ3n) is 1.74. The predicted molar refractivity (Wildman–Crippen MR) is 50.2 cm³/mol. The molecule has 0 radical (unpaired) electrons. The van der Waals surface area contributed by atoms with Gasteiger partial charge in [0.15, 0.2) is 0 Å². The minimum Gasteiger partial charge on any atom is -0.463 e. The number of ether oxygens (including phenoxy) is 1. The first-order valence-corrected chi connectivity index (χ1v) is 4.19. The fourth-order valence-electron chi connectivity index (χ4n) is 1.09. The molecule has 0 fully saturated rings. The summed E-state index contributed by atoms with van der Waals surface area (Å²) in [6.45, 7) is 0. The summed E-state index contributed by atoms with van der Waals surface area (Å²) in [5.74, 6) is -0.657. The van der Waals surface area contributed by atoms with Crippen LogP contribution in [0.2, 0.25) is 5.15 Å². The molecule has 6 heteroatoms. The number of aromatic amines is 1. The number of rotatable bonds is 1. The first-order chi connectivity index (χ1) is 6.72. The van der Waals surface area contributed by atoms with E-state index in [9.17, 15) is 4.79 Å². The molecule has 0 saturated heterocycles. The quantitative estimate of drug-likeness (QED) is 0.572. The Morgan fingerprint density at radius 1 is 1.57 bits per heavy atom. The first kappa shape index (κ1) is 8.96. The number of fused-ring (bicyclic) bond motifs is 1. The van der Waals surface area contributed by atoms with E-state index in [-0.39, 0.29) is 11.0 Å². The van der Waals surface area contributed by atoms with Crippen LogP contribution in [0.15, 0.2) is 12.3 Å². The van der Waals surface area contributed by atoms with Crippen molar-refractivity contribution in [3.05, 3.63) is 23.2 Å². The minimum absolute atomic E-state index is 0.0487. The van der Waals surface area contributed by atoms with Crippen LogP contribution in [0.3, 0.4) is 0 Å². The molecule has 72 valence electrons. The number of hydrogen-bond acceptors (Lipinski definition) is 4. The van der Waals surface area contributed by atoms with Gasteiger partial charge in [0.25, 0.3) is 0 Å². The number of nitrogens with one attached hydrogen (secondary N) is 1. The van der Waals surface area contributed by atoms with E-state index in [2.05, 4.69) is 19.7 Å². The molecule has 0 aliphatic rings. The highest BCUT2D eigenvalue weighted by atomic mass is 35.5. The molecule has 2 aromatic heterocycles. The molecule has 0 saturated carbocycles. The lowest BCUT2D eigenvalue weighted by Gasteiger charge is -1.98. The van der Waals surface area contributed by atoms with Gasteiger partial charge in [-0.3, -0.25) is 0 Å². The number of methoxy groups -OCH3 is 1. The molecule has 2 rings (SSSR count). The largest absolute Gasteiger partial charge is 0.463 e. The summed E-state index contributed by atoms with van der Waals surface area (Å²) in [6.07, 6.45) is 1.67. The van der Waals surface area contributed by atoms with Gasteiger partial charge in [0.05, 0.1) is 12.5 Å². The number of H-pyrrole nitrogens is 1. The Bertz CT molecular complexity index is 494. The lowest BCUT2D eigenvalue weighted by atomic mass is 10.4. The fourth-order valence-corrected chi connectivity index (χ4v) is 1.32. The van der Waals surface area contributed by atoms with Crippen LogP contribution in [0.4, 0.5) is 0 Å². The molecule has 0 spiro atoms. The topological polar surface area (TPSA) is 67.9 Å². The smallest absolute Gasteiger partial charge is 0.376 e. The van der Waals surface area contributed by atoms with Gasteiger partial charge in [-0.2, -0.15) is 0 Å². The van der Waals surface area contributed by atoms with Crippen molar-refractivity contribution in [1.82, 2.24) is 15.0 Å². The van der Waals surface area contributed by atoms with Crippen LogP contribution < -0.4 is 0 Å². The zero-order valence-corrected chi connectivity index (χ0v) is 8.00. The highest BCUT2D eigenvalue weighted by Crippen LogP contribution is 2.18. The maximum absolute atomic E-state index is 11.1. The van der Waals surface area contributed by atoms with Crippen molar-refractivity contribution in [2.75, 3.05) is 7.11 Å². The van der Waals surface area contributed by atoms with E-state index in [0.29, 0.717) is 11.0 Å². The SMILES string of the molecule is COC(=O)c1nc(Cl)c2cc[nH]c2n1. The van der Waals surface area contributed by atoms with Crippen LogP contribution in [-0.4, -0.2) is 28.0 Å². The Labute approximate surface area is 84.1 Å². The van der Waals surface area contributed by atoms with Gasteiger partial charge >= 0.3 is 5.97 Å². The Morgan fingerprint density at radius 2 is 2.36 bits per heavy atom. The number of esters is 1. The minimum atomic E-state index is -0.608. The molecule has 0 aromatic carbocycles. The second kappa shape index (κ2) is 3.26. The summed E-state index contributed by atoms with van der Waals surface area (Å²) in [5.41, 5.74) is 0.519. The Morgan fingerprint density at radius 3 is 3.07 bits per heavy atom. The van der Waals surface area contributed by atoms with E-state index in [1.54, 1.807) is 12.3 Å². The van der Waals surface area contributed by atoms with Crippen LogP contribution in [0.1, 0.15) is 10.6 Å². The molecule has 2 aromatic rings. The van der Waals surface area contributed by atoms with Crippen LogP contribution in [-0.2, 0) is 4.74 Å². The summed E-state index contributed by atoms with van der Waals surface area (Å²) in [5, 5.41) is 0.913. The molecule has 0 unspecified atom stereocenters. The number of aromatic nitrogens is 3. The summed E-state index contributed by atoms with van der Waals surface area (Å²) < 4.78 is 4.48. The molecule has 5 nitrogen and oxygen atoms in total. The van der Waals surface area contributed by atoms with Crippen LogP contribution in [0.25, 0.3) is 11.0 Å². The Hall–Kier alpha value is -1.62. The normalized spacial score (nSPS) is 10.4. The summed E-state index contributed by atoms with van der Waals surface area (Å²) in [7, 11) is 1.26. The number of carbonyl (C=O) groups is 1. The molecule has 0 bridgehead atoms. The van der Waals surface area contributed by atoms with Gasteiger partial charge in [-0.25, -0.2) is 14.8 Å². The Balaban J connectivity index is 2.64. The maximum atomic E-state index is 11.1. The lowest BCUT2D eigenvalue weighted by Crippen LogP contribution is -2.07. The average Bonchev–Trinajstić information content (AvgIpc) is 2.64.